The van der Waals surface area contributed by atoms with Crippen molar-refractivity contribution in [2.75, 3.05) is 5.32 Å². The summed E-state index contributed by atoms with van der Waals surface area (Å²) in [7, 11) is 0. The minimum atomic E-state index is -0.296. The number of hydrogen-bond acceptors (Lipinski definition) is 5. The summed E-state index contributed by atoms with van der Waals surface area (Å²) < 4.78 is 6.45. The average molecular weight is 378 g/mol. The summed E-state index contributed by atoms with van der Waals surface area (Å²) in [4.78, 5) is 17.0. The van der Waals surface area contributed by atoms with Gasteiger partial charge in [0.15, 0.2) is 10.9 Å². The number of aliphatic hydroxyl groups is 1. The Morgan fingerprint density at radius 2 is 1.96 bits per heavy atom. The van der Waals surface area contributed by atoms with Crippen LogP contribution in [0.2, 0.25) is 0 Å². The van der Waals surface area contributed by atoms with E-state index in [-0.39, 0.29) is 12.5 Å². The molecule has 4 rings (SSSR count). The van der Waals surface area contributed by atoms with E-state index in [0.717, 1.165) is 32.5 Å². The summed E-state index contributed by atoms with van der Waals surface area (Å²) in [6.45, 7) is 3.67. The van der Waals surface area contributed by atoms with Gasteiger partial charge in [0.1, 0.15) is 5.76 Å². The first-order chi connectivity index (χ1) is 13.0. The van der Waals surface area contributed by atoms with Gasteiger partial charge in [-0.05, 0) is 54.8 Å². The van der Waals surface area contributed by atoms with Crippen LogP contribution < -0.4 is 5.32 Å². The van der Waals surface area contributed by atoms with E-state index in [4.69, 9.17) is 4.42 Å². The molecule has 2 aromatic carbocycles. The van der Waals surface area contributed by atoms with Crippen LogP contribution in [0.1, 0.15) is 27.4 Å². The van der Waals surface area contributed by atoms with Gasteiger partial charge >= 0.3 is 0 Å². The lowest BCUT2D eigenvalue weighted by Crippen LogP contribution is -2.11. The van der Waals surface area contributed by atoms with E-state index in [2.05, 4.69) is 10.3 Å². The lowest BCUT2D eigenvalue weighted by Gasteiger charge is -2.03. The third-order valence-corrected chi connectivity index (χ3v) is 5.25. The number of aromatic nitrogens is 1. The molecular formula is C21H18N2O3S. The van der Waals surface area contributed by atoms with Gasteiger partial charge in [-0.2, -0.15) is 0 Å². The quantitative estimate of drug-likeness (QED) is 0.529. The van der Waals surface area contributed by atoms with Crippen molar-refractivity contribution < 1.29 is 14.3 Å². The Labute approximate surface area is 160 Å². The zero-order valence-corrected chi connectivity index (χ0v) is 15.8. The number of aliphatic hydroxyl groups excluding tert-OH is 1. The van der Waals surface area contributed by atoms with E-state index in [1.807, 2.05) is 62.4 Å². The van der Waals surface area contributed by atoms with Crippen LogP contribution in [0.25, 0.3) is 21.3 Å². The van der Waals surface area contributed by atoms with Crippen molar-refractivity contribution in [3.05, 3.63) is 71.2 Å². The van der Waals surface area contributed by atoms with Gasteiger partial charge in [0.05, 0.1) is 16.8 Å². The summed E-state index contributed by atoms with van der Waals surface area (Å²) in [5.74, 6) is 0.723. The Morgan fingerprint density at radius 3 is 2.70 bits per heavy atom. The highest BCUT2D eigenvalue weighted by molar-refractivity contribution is 7.22. The first-order valence-corrected chi connectivity index (χ1v) is 9.34. The maximum Gasteiger partial charge on any atom is 0.293 e. The van der Waals surface area contributed by atoms with Crippen LogP contribution in [-0.2, 0) is 6.61 Å². The van der Waals surface area contributed by atoms with Crippen LogP contribution in [0.5, 0.6) is 0 Å². The van der Waals surface area contributed by atoms with Crippen molar-refractivity contribution >= 4 is 32.6 Å². The molecule has 27 heavy (non-hydrogen) atoms. The molecule has 1 amide bonds. The number of rotatable bonds is 4. The minimum Gasteiger partial charge on any atom is -0.456 e. The molecule has 0 fully saturated rings. The molecule has 0 spiro atoms. The maximum atomic E-state index is 12.4. The molecule has 2 aromatic heterocycles. The van der Waals surface area contributed by atoms with Crippen molar-refractivity contribution in [2.45, 2.75) is 20.5 Å². The largest absolute Gasteiger partial charge is 0.456 e. The standard InChI is InChI=1S/C21H18N2O3S/c1-12-8-13(2)26-19(12)20(25)23-21-22-17-10-16(6-7-18(17)27-21)15-5-3-4-14(9-15)11-24/h3-10,24H,11H2,1-2H3,(H,22,23,25). The smallest absolute Gasteiger partial charge is 0.293 e. The minimum absolute atomic E-state index is 0.00857. The Morgan fingerprint density at radius 1 is 1.15 bits per heavy atom. The van der Waals surface area contributed by atoms with Gasteiger partial charge in [0.2, 0.25) is 0 Å². The van der Waals surface area contributed by atoms with Crippen LogP contribution in [0, 0.1) is 13.8 Å². The second-order valence-corrected chi connectivity index (χ2v) is 7.41. The number of furan rings is 1. The van der Waals surface area contributed by atoms with E-state index < -0.39 is 0 Å². The molecule has 0 aliphatic heterocycles. The van der Waals surface area contributed by atoms with Gasteiger partial charge < -0.3 is 9.52 Å². The van der Waals surface area contributed by atoms with Crippen LogP contribution in [0.4, 0.5) is 5.13 Å². The van der Waals surface area contributed by atoms with Gasteiger partial charge in [-0.3, -0.25) is 10.1 Å². The van der Waals surface area contributed by atoms with E-state index in [1.165, 1.54) is 11.3 Å². The number of carbonyl (C=O) groups excluding carboxylic acids is 1. The van der Waals surface area contributed by atoms with Gasteiger partial charge in [-0.15, -0.1) is 0 Å². The summed E-state index contributed by atoms with van der Waals surface area (Å²) in [5, 5.41) is 12.7. The first kappa shape index (κ1) is 17.5. The van der Waals surface area contributed by atoms with Crippen LogP contribution in [0.3, 0.4) is 0 Å². The molecule has 2 heterocycles. The number of carbonyl (C=O) groups is 1. The summed E-state index contributed by atoms with van der Waals surface area (Å²) in [5.41, 5.74) is 4.51. The summed E-state index contributed by atoms with van der Waals surface area (Å²) in [6.07, 6.45) is 0. The molecule has 2 N–H and O–H groups in total. The zero-order chi connectivity index (χ0) is 19.0. The Hall–Kier alpha value is -2.96. The molecule has 0 aliphatic carbocycles. The SMILES string of the molecule is Cc1cc(C)c(C(=O)Nc2nc3cc(-c4cccc(CO)c4)ccc3s2)o1. The number of thiazole rings is 1. The van der Waals surface area contributed by atoms with Crippen molar-refractivity contribution in [1.29, 1.82) is 0 Å². The highest BCUT2D eigenvalue weighted by Gasteiger charge is 2.16. The predicted octanol–water partition coefficient (Wildman–Crippen LogP) is 4.92. The van der Waals surface area contributed by atoms with Crippen molar-refractivity contribution in [1.82, 2.24) is 4.98 Å². The van der Waals surface area contributed by atoms with E-state index in [9.17, 15) is 9.90 Å². The lowest BCUT2D eigenvalue weighted by molar-refractivity contribution is 0.0994. The lowest BCUT2D eigenvalue weighted by atomic mass is 10.0. The van der Waals surface area contributed by atoms with Crippen LogP contribution in [-0.4, -0.2) is 16.0 Å². The summed E-state index contributed by atoms with van der Waals surface area (Å²) >= 11 is 1.42. The Bertz CT molecular complexity index is 1140. The van der Waals surface area contributed by atoms with Gasteiger partial charge in [0, 0.05) is 5.56 Å². The first-order valence-electron chi connectivity index (χ1n) is 8.52. The molecule has 136 valence electrons. The number of benzene rings is 2. The topological polar surface area (TPSA) is 75.4 Å². The fourth-order valence-electron chi connectivity index (χ4n) is 3.03. The molecule has 5 nitrogen and oxygen atoms in total. The number of nitrogens with one attached hydrogen (secondary N) is 1. The normalized spacial score (nSPS) is 11.1. The van der Waals surface area contributed by atoms with Crippen molar-refractivity contribution in [3.63, 3.8) is 0 Å². The third-order valence-electron chi connectivity index (χ3n) is 4.30. The van der Waals surface area contributed by atoms with Crippen molar-refractivity contribution in [2.24, 2.45) is 0 Å². The predicted molar refractivity (Wildman–Crippen MR) is 107 cm³/mol. The molecule has 6 heteroatoms. The maximum absolute atomic E-state index is 12.4. The second kappa shape index (κ2) is 6.98. The zero-order valence-electron chi connectivity index (χ0n) is 14.9. The number of nitrogens with zero attached hydrogens (tertiary/aromatic N) is 1. The van der Waals surface area contributed by atoms with Crippen molar-refractivity contribution in [3.8, 4) is 11.1 Å². The van der Waals surface area contributed by atoms with E-state index in [1.54, 1.807) is 0 Å². The van der Waals surface area contributed by atoms with Crippen LogP contribution >= 0.6 is 11.3 Å². The monoisotopic (exact) mass is 378 g/mol. The van der Waals surface area contributed by atoms with Gasteiger partial charge in [-0.25, -0.2) is 4.98 Å². The summed E-state index contributed by atoms with van der Waals surface area (Å²) in [6, 6.07) is 15.6. The van der Waals surface area contributed by atoms with E-state index >= 15 is 0 Å². The number of amides is 1. The molecular weight excluding hydrogens is 360 g/mol. The van der Waals surface area contributed by atoms with Gasteiger partial charge in [-0.1, -0.05) is 35.6 Å². The Balaban J connectivity index is 1.62. The molecule has 0 saturated carbocycles. The number of anilines is 1. The number of aryl methyl sites for hydroxylation is 2. The molecule has 4 aromatic rings. The molecule has 0 bridgehead atoms. The Kier molecular flexibility index (Phi) is 4.51. The molecule has 0 saturated heterocycles. The van der Waals surface area contributed by atoms with Gasteiger partial charge in [0.25, 0.3) is 5.91 Å². The highest BCUT2D eigenvalue weighted by atomic mass is 32.1. The fraction of sp³-hybridized carbons (Fsp3) is 0.143. The second-order valence-electron chi connectivity index (χ2n) is 6.38. The molecule has 0 radical (unpaired) electrons. The number of fused-ring (bicyclic) bond motifs is 1. The molecule has 0 unspecified atom stereocenters. The highest BCUT2D eigenvalue weighted by Crippen LogP contribution is 2.31. The third kappa shape index (κ3) is 3.49. The average Bonchev–Trinajstić information content (AvgIpc) is 3.22. The fourth-order valence-corrected chi connectivity index (χ4v) is 3.87. The molecule has 0 atom stereocenters. The van der Waals surface area contributed by atoms with E-state index in [0.29, 0.717) is 16.7 Å². The number of hydrogen-bond donors (Lipinski definition) is 2. The molecule has 0 aliphatic rings. The van der Waals surface area contributed by atoms with Crippen LogP contribution in [0.15, 0.2) is 52.9 Å².